The molecule has 0 radical (unpaired) electrons. The van der Waals surface area contributed by atoms with Gasteiger partial charge in [0.15, 0.2) is 0 Å². The number of rotatable bonds is 5. The fourth-order valence-electron chi connectivity index (χ4n) is 3.54. The smallest absolute Gasteiger partial charge is 0.365 e. The zero-order valence-corrected chi connectivity index (χ0v) is 15.9. The molecule has 7 heteroatoms. The van der Waals surface area contributed by atoms with Crippen LogP contribution in [0.25, 0.3) is 0 Å². The number of halogens is 4. The SMILES string of the molecule is O=C(C(Cl)=CN1CC[NH+](C(c2ccccc2)c2ccccc2)CC1)C(F)(F)F. The van der Waals surface area contributed by atoms with Crippen molar-refractivity contribution in [3.05, 3.63) is 83.0 Å². The average Bonchev–Trinajstić information content (AvgIpc) is 2.70. The Hall–Kier alpha value is -2.31. The molecule has 28 heavy (non-hydrogen) atoms. The van der Waals surface area contributed by atoms with E-state index in [9.17, 15) is 18.0 Å². The van der Waals surface area contributed by atoms with Crippen LogP contribution in [0.5, 0.6) is 0 Å². The zero-order valence-electron chi connectivity index (χ0n) is 15.1. The van der Waals surface area contributed by atoms with Crippen molar-refractivity contribution in [1.82, 2.24) is 4.90 Å². The summed E-state index contributed by atoms with van der Waals surface area (Å²) in [7, 11) is 0. The third kappa shape index (κ3) is 4.94. The van der Waals surface area contributed by atoms with Gasteiger partial charge in [0.1, 0.15) is 11.1 Å². The van der Waals surface area contributed by atoms with Gasteiger partial charge in [0.2, 0.25) is 0 Å². The van der Waals surface area contributed by atoms with Crippen molar-refractivity contribution < 1.29 is 22.9 Å². The van der Waals surface area contributed by atoms with Crippen molar-refractivity contribution in [2.75, 3.05) is 26.2 Å². The third-order valence-electron chi connectivity index (χ3n) is 4.88. The number of hydrogen-bond donors (Lipinski definition) is 1. The summed E-state index contributed by atoms with van der Waals surface area (Å²) in [6.07, 6.45) is -3.83. The molecule has 1 aliphatic heterocycles. The lowest BCUT2D eigenvalue weighted by atomic mass is 9.96. The molecular formula is C21H21ClF3N2O+. The Balaban J connectivity index is 1.74. The van der Waals surface area contributed by atoms with Gasteiger partial charge in [0.25, 0.3) is 5.78 Å². The van der Waals surface area contributed by atoms with E-state index in [-0.39, 0.29) is 6.04 Å². The van der Waals surface area contributed by atoms with Crippen LogP contribution >= 0.6 is 11.6 Å². The Labute approximate surface area is 167 Å². The van der Waals surface area contributed by atoms with Gasteiger partial charge in [-0.3, -0.25) is 4.79 Å². The molecule has 0 aromatic heterocycles. The molecule has 0 aliphatic carbocycles. The number of nitrogens with zero attached hydrogens (tertiary/aromatic N) is 1. The molecule has 0 atom stereocenters. The van der Waals surface area contributed by atoms with Crippen molar-refractivity contribution in [1.29, 1.82) is 0 Å². The molecule has 2 aromatic carbocycles. The summed E-state index contributed by atoms with van der Waals surface area (Å²) in [6.45, 7) is 2.48. The number of benzene rings is 2. The first-order valence-corrected chi connectivity index (χ1v) is 9.41. The standard InChI is InChI=1S/C21H20ClF3N2O/c22-18(20(28)21(23,24)25)15-26-11-13-27(14-12-26)19(16-7-3-1-4-8-16)17-9-5-2-6-10-17/h1-10,15,19H,11-14H2/p+1. The minimum Gasteiger partial charge on any atom is -0.365 e. The molecule has 1 fully saturated rings. The third-order valence-corrected chi connectivity index (χ3v) is 5.15. The van der Waals surface area contributed by atoms with Gasteiger partial charge >= 0.3 is 6.18 Å². The summed E-state index contributed by atoms with van der Waals surface area (Å²) in [5.74, 6) is -2.00. The Bertz CT molecular complexity index is 777. The number of ketones is 1. The van der Waals surface area contributed by atoms with Gasteiger partial charge in [-0.25, -0.2) is 0 Å². The maximum Gasteiger partial charge on any atom is 0.455 e. The van der Waals surface area contributed by atoms with Gasteiger partial charge in [0, 0.05) is 17.3 Å². The van der Waals surface area contributed by atoms with Gasteiger partial charge in [-0.05, 0) is 0 Å². The van der Waals surface area contributed by atoms with Crippen LogP contribution in [0.15, 0.2) is 71.9 Å². The minimum atomic E-state index is -4.95. The molecule has 3 rings (SSSR count). The molecule has 1 aliphatic rings. The summed E-state index contributed by atoms with van der Waals surface area (Å²) >= 11 is 5.58. The number of alkyl halides is 3. The Morgan fingerprint density at radius 1 is 0.964 bits per heavy atom. The van der Waals surface area contributed by atoms with Crippen molar-refractivity contribution >= 4 is 17.4 Å². The quantitative estimate of drug-likeness (QED) is 0.767. The topological polar surface area (TPSA) is 24.8 Å². The molecule has 1 N–H and O–H groups in total. The van der Waals surface area contributed by atoms with Gasteiger partial charge in [-0.1, -0.05) is 72.3 Å². The van der Waals surface area contributed by atoms with E-state index < -0.39 is 17.0 Å². The average molecular weight is 410 g/mol. The van der Waals surface area contributed by atoms with Crippen LogP contribution in [0.4, 0.5) is 13.2 Å². The van der Waals surface area contributed by atoms with Crippen LogP contribution in [-0.4, -0.2) is 43.0 Å². The number of carbonyl (C=O) groups excluding carboxylic acids is 1. The van der Waals surface area contributed by atoms with Gasteiger partial charge in [-0.15, -0.1) is 0 Å². The van der Waals surface area contributed by atoms with Crippen molar-refractivity contribution in [2.45, 2.75) is 12.2 Å². The normalized spacial score (nSPS) is 16.5. The van der Waals surface area contributed by atoms with E-state index in [1.165, 1.54) is 16.0 Å². The zero-order chi connectivity index (χ0) is 20.1. The predicted octanol–water partition coefficient (Wildman–Crippen LogP) is 3.19. The van der Waals surface area contributed by atoms with Crippen LogP contribution < -0.4 is 4.90 Å². The number of hydrogen-bond acceptors (Lipinski definition) is 2. The first-order chi connectivity index (χ1) is 13.4. The van der Waals surface area contributed by atoms with E-state index in [1.807, 2.05) is 36.4 Å². The highest BCUT2D eigenvalue weighted by molar-refractivity contribution is 6.43. The molecule has 0 unspecified atom stereocenters. The molecule has 0 spiro atoms. The molecule has 1 heterocycles. The number of allylic oxidation sites excluding steroid dienone is 1. The van der Waals surface area contributed by atoms with Crippen LogP contribution in [0.3, 0.4) is 0 Å². The first kappa shape index (κ1) is 20.4. The number of piperazine rings is 1. The Morgan fingerprint density at radius 3 is 1.86 bits per heavy atom. The second-order valence-electron chi connectivity index (χ2n) is 6.75. The predicted molar refractivity (Wildman–Crippen MR) is 102 cm³/mol. The molecule has 3 nitrogen and oxygen atoms in total. The first-order valence-electron chi connectivity index (χ1n) is 9.03. The van der Waals surface area contributed by atoms with Crippen molar-refractivity contribution in [2.24, 2.45) is 0 Å². The lowest BCUT2D eigenvalue weighted by Gasteiger charge is -2.36. The van der Waals surface area contributed by atoms with E-state index >= 15 is 0 Å². The highest BCUT2D eigenvalue weighted by atomic mass is 35.5. The maximum absolute atomic E-state index is 12.5. The fraction of sp³-hybridized carbons (Fsp3) is 0.286. The molecule has 2 aromatic rings. The minimum absolute atomic E-state index is 0.140. The fourth-order valence-corrected chi connectivity index (χ4v) is 3.78. The lowest BCUT2D eigenvalue weighted by Crippen LogP contribution is -3.15. The van der Waals surface area contributed by atoms with E-state index in [0.29, 0.717) is 13.1 Å². The van der Waals surface area contributed by atoms with E-state index in [0.717, 1.165) is 19.3 Å². The second-order valence-corrected chi connectivity index (χ2v) is 7.16. The van der Waals surface area contributed by atoms with Gasteiger partial charge in [-0.2, -0.15) is 13.2 Å². The summed E-state index contributed by atoms with van der Waals surface area (Å²) < 4.78 is 37.5. The Kier molecular flexibility index (Phi) is 6.42. The van der Waals surface area contributed by atoms with Crippen molar-refractivity contribution in [3.8, 4) is 0 Å². The van der Waals surface area contributed by atoms with Crippen LogP contribution in [0, 0.1) is 0 Å². The summed E-state index contributed by atoms with van der Waals surface area (Å²) in [4.78, 5) is 14.2. The molecular weight excluding hydrogens is 389 g/mol. The number of Topliss-reactive ketones (excluding diaryl/α,β-unsaturated/α-hetero) is 1. The van der Waals surface area contributed by atoms with E-state index in [4.69, 9.17) is 11.6 Å². The number of carbonyl (C=O) groups is 1. The van der Waals surface area contributed by atoms with Crippen LogP contribution in [-0.2, 0) is 4.79 Å². The highest BCUT2D eigenvalue weighted by Crippen LogP contribution is 2.23. The van der Waals surface area contributed by atoms with Crippen LogP contribution in [0.2, 0.25) is 0 Å². The van der Waals surface area contributed by atoms with Gasteiger partial charge < -0.3 is 9.80 Å². The summed E-state index contributed by atoms with van der Waals surface area (Å²) in [5, 5.41) is -0.793. The molecule has 0 saturated carbocycles. The Morgan fingerprint density at radius 2 is 1.43 bits per heavy atom. The number of quaternary nitrogens is 1. The van der Waals surface area contributed by atoms with E-state index in [2.05, 4.69) is 24.3 Å². The summed E-state index contributed by atoms with van der Waals surface area (Å²) in [6, 6.07) is 20.5. The van der Waals surface area contributed by atoms with Crippen LogP contribution in [0.1, 0.15) is 17.2 Å². The van der Waals surface area contributed by atoms with E-state index in [1.54, 1.807) is 4.90 Å². The summed E-state index contributed by atoms with van der Waals surface area (Å²) in [5.41, 5.74) is 2.39. The maximum atomic E-state index is 12.5. The monoisotopic (exact) mass is 409 g/mol. The molecule has 0 bridgehead atoms. The lowest BCUT2D eigenvalue weighted by molar-refractivity contribution is -0.929. The van der Waals surface area contributed by atoms with Gasteiger partial charge in [0.05, 0.1) is 26.2 Å². The molecule has 0 amide bonds. The highest BCUT2D eigenvalue weighted by Gasteiger charge is 2.40. The molecule has 1 saturated heterocycles. The largest absolute Gasteiger partial charge is 0.455 e. The second kappa shape index (κ2) is 8.80. The number of nitrogens with one attached hydrogen (secondary N) is 1. The molecule has 148 valence electrons. The van der Waals surface area contributed by atoms with Crippen molar-refractivity contribution in [3.63, 3.8) is 0 Å².